The number of nitrogen functional groups attached to an aromatic ring is 1. The zero-order valence-electron chi connectivity index (χ0n) is 9.41. The van der Waals surface area contributed by atoms with Gasteiger partial charge in [-0.1, -0.05) is 17.7 Å². The van der Waals surface area contributed by atoms with Gasteiger partial charge in [0.05, 0.1) is 10.7 Å². The van der Waals surface area contributed by atoms with Gasteiger partial charge in [-0.05, 0) is 24.3 Å². The number of hydrogen-bond acceptors (Lipinski definition) is 3. The highest BCUT2D eigenvalue weighted by molar-refractivity contribution is 6.32. The quantitative estimate of drug-likeness (QED) is 0.845. The molecule has 0 aliphatic rings. The number of nitrogens with zero attached hydrogens (tertiary/aromatic N) is 1. The van der Waals surface area contributed by atoms with Crippen LogP contribution in [0.5, 0.6) is 11.6 Å². The molecule has 0 aliphatic carbocycles. The highest BCUT2D eigenvalue weighted by Crippen LogP contribution is 2.39. The summed E-state index contributed by atoms with van der Waals surface area (Å²) < 4.78 is 43.4. The van der Waals surface area contributed by atoms with Crippen molar-refractivity contribution in [1.82, 2.24) is 4.98 Å². The van der Waals surface area contributed by atoms with Crippen molar-refractivity contribution >= 4 is 17.3 Å². The molecule has 0 saturated heterocycles. The molecule has 2 N–H and O–H groups in total. The molecule has 2 rings (SSSR count). The van der Waals surface area contributed by atoms with Crippen molar-refractivity contribution < 1.29 is 17.9 Å². The minimum Gasteiger partial charge on any atom is -0.435 e. The van der Waals surface area contributed by atoms with Crippen LogP contribution in [0.4, 0.5) is 18.9 Å². The van der Waals surface area contributed by atoms with Crippen molar-refractivity contribution in [1.29, 1.82) is 0 Å². The van der Waals surface area contributed by atoms with E-state index in [9.17, 15) is 13.2 Å². The van der Waals surface area contributed by atoms with E-state index in [-0.39, 0.29) is 16.5 Å². The van der Waals surface area contributed by atoms with E-state index in [1.165, 1.54) is 24.4 Å². The molecule has 0 aliphatic heterocycles. The molecule has 1 aromatic heterocycles. The van der Waals surface area contributed by atoms with Crippen molar-refractivity contribution in [2.24, 2.45) is 0 Å². The summed E-state index contributed by atoms with van der Waals surface area (Å²) in [6.07, 6.45) is -3.38. The molecule has 0 spiro atoms. The summed E-state index contributed by atoms with van der Waals surface area (Å²) in [7, 11) is 0. The monoisotopic (exact) mass is 288 g/mol. The number of para-hydroxylation sites is 1. The second kappa shape index (κ2) is 4.97. The largest absolute Gasteiger partial charge is 0.435 e. The molecule has 0 atom stereocenters. The summed E-state index contributed by atoms with van der Waals surface area (Å²) in [6.45, 7) is 0. The Morgan fingerprint density at radius 2 is 1.89 bits per heavy atom. The standard InChI is InChI=1S/C12H8ClF3N2O/c13-8-4-1-5-9(17)10(8)19-11-7(12(14,15)16)3-2-6-18-11/h1-6H,17H2. The summed E-state index contributed by atoms with van der Waals surface area (Å²) in [5.41, 5.74) is 4.75. The third-order valence-electron chi connectivity index (χ3n) is 2.27. The van der Waals surface area contributed by atoms with Gasteiger partial charge in [-0.15, -0.1) is 0 Å². The lowest BCUT2D eigenvalue weighted by Gasteiger charge is -2.14. The topological polar surface area (TPSA) is 48.1 Å². The van der Waals surface area contributed by atoms with Gasteiger partial charge in [-0.3, -0.25) is 0 Å². The number of benzene rings is 1. The Kier molecular flexibility index (Phi) is 3.53. The first-order chi connectivity index (χ1) is 8.89. The number of hydrogen-bond donors (Lipinski definition) is 1. The maximum Gasteiger partial charge on any atom is 0.421 e. The SMILES string of the molecule is Nc1cccc(Cl)c1Oc1ncccc1C(F)(F)F. The normalized spacial score (nSPS) is 11.4. The van der Waals surface area contributed by atoms with Crippen LogP contribution in [0.3, 0.4) is 0 Å². The fourth-order valence-corrected chi connectivity index (χ4v) is 1.64. The van der Waals surface area contributed by atoms with E-state index in [0.717, 1.165) is 6.07 Å². The minimum absolute atomic E-state index is 0.0478. The second-order valence-corrected chi connectivity index (χ2v) is 4.02. The van der Waals surface area contributed by atoms with Gasteiger partial charge >= 0.3 is 6.18 Å². The maximum absolute atomic E-state index is 12.8. The molecule has 2 aromatic rings. The molecule has 1 aromatic carbocycles. The first-order valence-corrected chi connectivity index (χ1v) is 5.51. The Hall–Kier alpha value is -1.95. The first kappa shape index (κ1) is 13.5. The van der Waals surface area contributed by atoms with E-state index >= 15 is 0 Å². The van der Waals surface area contributed by atoms with E-state index in [0.29, 0.717) is 0 Å². The van der Waals surface area contributed by atoms with Gasteiger partial charge in [0.25, 0.3) is 0 Å². The summed E-state index contributed by atoms with van der Waals surface area (Å²) in [5.74, 6) is -0.636. The van der Waals surface area contributed by atoms with Crippen LogP contribution < -0.4 is 10.5 Å². The van der Waals surface area contributed by atoms with Crippen LogP contribution in [0.25, 0.3) is 0 Å². The number of nitrogens with two attached hydrogens (primary N) is 1. The van der Waals surface area contributed by atoms with Crippen molar-refractivity contribution in [2.45, 2.75) is 6.18 Å². The number of anilines is 1. The van der Waals surface area contributed by atoms with Crippen LogP contribution in [0.15, 0.2) is 36.5 Å². The molecule has 0 radical (unpaired) electrons. The van der Waals surface area contributed by atoms with E-state index in [4.69, 9.17) is 22.1 Å². The maximum atomic E-state index is 12.8. The van der Waals surface area contributed by atoms with Crippen LogP contribution in [-0.4, -0.2) is 4.98 Å². The van der Waals surface area contributed by atoms with E-state index in [1.807, 2.05) is 0 Å². The molecule has 0 fully saturated rings. The summed E-state index contributed by atoms with van der Waals surface area (Å²) in [4.78, 5) is 3.57. The Bertz CT molecular complexity index is 582. The zero-order valence-corrected chi connectivity index (χ0v) is 10.2. The highest BCUT2D eigenvalue weighted by Gasteiger charge is 2.35. The fraction of sp³-hybridized carbons (Fsp3) is 0.0833. The Morgan fingerprint density at radius 3 is 2.53 bits per heavy atom. The molecule has 0 bridgehead atoms. The molecular formula is C12H8ClF3N2O. The lowest BCUT2D eigenvalue weighted by Crippen LogP contribution is -2.08. The average Bonchev–Trinajstić information content (AvgIpc) is 2.33. The van der Waals surface area contributed by atoms with Crippen LogP contribution in [-0.2, 0) is 6.18 Å². The number of rotatable bonds is 2. The second-order valence-electron chi connectivity index (χ2n) is 3.61. The van der Waals surface area contributed by atoms with E-state index in [2.05, 4.69) is 4.98 Å². The number of halogens is 4. The molecule has 0 amide bonds. The molecular weight excluding hydrogens is 281 g/mol. The predicted octanol–water partition coefficient (Wildman–Crippen LogP) is 4.13. The number of alkyl halides is 3. The van der Waals surface area contributed by atoms with Gasteiger partial charge in [-0.25, -0.2) is 4.98 Å². The third-order valence-corrected chi connectivity index (χ3v) is 2.57. The van der Waals surface area contributed by atoms with Gasteiger partial charge in [0.2, 0.25) is 5.88 Å². The summed E-state index contributed by atoms with van der Waals surface area (Å²) in [6, 6.07) is 6.54. The predicted molar refractivity (Wildman–Crippen MR) is 65.2 cm³/mol. The van der Waals surface area contributed by atoms with E-state index in [1.54, 1.807) is 6.07 Å². The van der Waals surface area contributed by atoms with Crippen molar-refractivity contribution in [2.75, 3.05) is 5.73 Å². The molecule has 3 nitrogen and oxygen atoms in total. The van der Waals surface area contributed by atoms with Crippen LogP contribution >= 0.6 is 11.6 Å². The summed E-state index contributed by atoms with van der Waals surface area (Å²) in [5, 5.41) is 0.110. The molecule has 0 saturated carbocycles. The van der Waals surface area contributed by atoms with Gasteiger partial charge in [0.15, 0.2) is 5.75 Å². The van der Waals surface area contributed by atoms with E-state index < -0.39 is 17.6 Å². The van der Waals surface area contributed by atoms with Crippen LogP contribution in [0.2, 0.25) is 5.02 Å². The minimum atomic E-state index is -4.57. The summed E-state index contributed by atoms with van der Waals surface area (Å²) >= 11 is 5.83. The van der Waals surface area contributed by atoms with Gasteiger partial charge in [0, 0.05) is 6.20 Å². The Morgan fingerprint density at radius 1 is 1.16 bits per heavy atom. The third kappa shape index (κ3) is 2.90. The lowest BCUT2D eigenvalue weighted by atomic mass is 10.2. The number of ether oxygens (including phenoxy) is 1. The van der Waals surface area contributed by atoms with Crippen molar-refractivity contribution in [3.8, 4) is 11.6 Å². The van der Waals surface area contributed by atoms with Crippen LogP contribution in [0.1, 0.15) is 5.56 Å². The molecule has 0 unspecified atom stereocenters. The first-order valence-electron chi connectivity index (χ1n) is 5.13. The van der Waals surface area contributed by atoms with Gasteiger partial charge in [-0.2, -0.15) is 13.2 Å². The Labute approximate surface area is 111 Å². The van der Waals surface area contributed by atoms with Gasteiger partial charge < -0.3 is 10.5 Å². The molecule has 7 heteroatoms. The smallest absolute Gasteiger partial charge is 0.421 e. The molecule has 1 heterocycles. The zero-order chi connectivity index (χ0) is 14.0. The Balaban J connectivity index is 2.45. The highest BCUT2D eigenvalue weighted by atomic mass is 35.5. The van der Waals surface area contributed by atoms with Crippen LogP contribution in [0, 0.1) is 0 Å². The lowest BCUT2D eigenvalue weighted by molar-refractivity contribution is -0.138. The molecule has 100 valence electrons. The number of pyridine rings is 1. The van der Waals surface area contributed by atoms with Gasteiger partial charge in [0.1, 0.15) is 5.56 Å². The molecule has 19 heavy (non-hydrogen) atoms. The van der Waals surface area contributed by atoms with Crippen molar-refractivity contribution in [3.05, 3.63) is 47.1 Å². The average molecular weight is 289 g/mol. The fourth-order valence-electron chi connectivity index (χ4n) is 1.42. The number of aromatic nitrogens is 1. The van der Waals surface area contributed by atoms with Crippen molar-refractivity contribution in [3.63, 3.8) is 0 Å².